The zero-order valence-electron chi connectivity index (χ0n) is 12.0. The lowest BCUT2D eigenvalue weighted by atomic mass is 10.1. The van der Waals surface area contributed by atoms with Crippen LogP contribution in [0.2, 0.25) is 5.02 Å². The minimum absolute atomic E-state index is 0.619. The second kappa shape index (κ2) is 10.1. The molecule has 0 amide bonds. The second-order valence-corrected chi connectivity index (χ2v) is 5.34. The zero-order valence-corrected chi connectivity index (χ0v) is 12.7. The third-order valence-corrected chi connectivity index (χ3v) is 3.43. The highest BCUT2D eigenvalue weighted by Gasteiger charge is 2.04. The van der Waals surface area contributed by atoms with Gasteiger partial charge in [0.25, 0.3) is 0 Å². The van der Waals surface area contributed by atoms with E-state index in [4.69, 9.17) is 22.1 Å². The SMILES string of the molecule is CCCCCCCCOc1ccc(Cl)cc1CCN. The fourth-order valence-electron chi connectivity index (χ4n) is 2.10. The van der Waals surface area contributed by atoms with Crippen LogP contribution >= 0.6 is 11.6 Å². The summed E-state index contributed by atoms with van der Waals surface area (Å²) < 4.78 is 5.84. The molecule has 0 aliphatic heterocycles. The van der Waals surface area contributed by atoms with Gasteiger partial charge in [-0.3, -0.25) is 0 Å². The molecule has 19 heavy (non-hydrogen) atoms. The molecule has 0 spiro atoms. The van der Waals surface area contributed by atoms with Crippen LogP contribution in [-0.2, 0) is 6.42 Å². The van der Waals surface area contributed by atoms with Crippen LogP contribution in [-0.4, -0.2) is 13.2 Å². The Morgan fingerprint density at radius 3 is 2.58 bits per heavy atom. The predicted octanol–water partition coefficient (Wildman–Crippen LogP) is 4.58. The van der Waals surface area contributed by atoms with Crippen LogP contribution in [0.1, 0.15) is 51.0 Å². The molecule has 0 aliphatic carbocycles. The standard InChI is InChI=1S/C16H26ClNO/c1-2-3-4-5-6-7-12-19-16-9-8-15(17)13-14(16)10-11-18/h8-9,13H,2-7,10-12,18H2,1H3. The molecule has 1 rings (SSSR count). The highest BCUT2D eigenvalue weighted by Crippen LogP contribution is 2.23. The summed E-state index contributed by atoms with van der Waals surface area (Å²) in [7, 11) is 0. The monoisotopic (exact) mass is 283 g/mol. The Bertz CT molecular complexity index is 355. The summed E-state index contributed by atoms with van der Waals surface area (Å²) in [4.78, 5) is 0. The quantitative estimate of drug-likeness (QED) is 0.638. The van der Waals surface area contributed by atoms with Gasteiger partial charge in [0.2, 0.25) is 0 Å². The maximum absolute atomic E-state index is 5.99. The van der Waals surface area contributed by atoms with Crippen LogP contribution in [0.4, 0.5) is 0 Å². The van der Waals surface area contributed by atoms with Crippen LogP contribution in [0.3, 0.4) is 0 Å². The van der Waals surface area contributed by atoms with Crippen molar-refractivity contribution in [1.29, 1.82) is 0 Å². The Balaban J connectivity index is 2.28. The van der Waals surface area contributed by atoms with E-state index in [2.05, 4.69) is 6.92 Å². The molecule has 0 aromatic heterocycles. The van der Waals surface area contributed by atoms with E-state index in [0.717, 1.165) is 35.8 Å². The summed E-state index contributed by atoms with van der Waals surface area (Å²) in [6.07, 6.45) is 8.48. The number of hydrogen-bond acceptors (Lipinski definition) is 2. The lowest BCUT2D eigenvalue weighted by Crippen LogP contribution is -2.06. The second-order valence-electron chi connectivity index (χ2n) is 4.91. The Morgan fingerprint density at radius 2 is 1.84 bits per heavy atom. The first-order valence-electron chi connectivity index (χ1n) is 7.39. The Labute approximate surface area is 122 Å². The van der Waals surface area contributed by atoms with E-state index in [0.29, 0.717) is 6.54 Å². The van der Waals surface area contributed by atoms with E-state index in [9.17, 15) is 0 Å². The van der Waals surface area contributed by atoms with E-state index in [1.165, 1.54) is 32.1 Å². The molecule has 0 radical (unpaired) electrons. The van der Waals surface area contributed by atoms with Gasteiger partial charge >= 0.3 is 0 Å². The Morgan fingerprint density at radius 1 is 1.11 bits per heavy atom. The summed E-state index contributed by atoms with van der Waals surface area (Å²) in [6, 6.07) is 5.77. The molecule has 2 N–H and O–H groups in total. The fourth-order valence-corrected chi connectivity index (χ4v) is 2.30. The van der Waals surface area contributed by atoms with Gasteiger partial charge in [-0.05, 0) is 43.1 Å². The Kier molecular flexibility index (Phi) is 8.68. The third-order valence-electron chi connectivity index (χ3n) is 3.19. The maximum Gasteiger partial charge on any atom is 0.122 e. The number of ether oxygens (including phenoxy) is 1. The van der Waals surface area contributed by atoms with Gasteiger partial charge in [-0.2, -0.15) is 0 Å². The van der Waals surface area contributed by atoms with Gasteiger partial charge in [-0.25, -0.2) is 0 Å². The number of nitrogens with two attached hydrogens (primary N) is 1. The number of rotatable bonds is 10. The van der Waals surface area contributed by atoms with E-state index < -0.39 is 0 Å². The van der Waals surface area contributed by atoms with Crippen LogP contribution < -0.4 is 10.5 Å². The molecular weight excluding hydrogens is 258 g/mol. The minimum atomic E-state index is 0.619. The largest absolute Gasteiger partial charge is 0.493 e. The van der Waals surface area contributed by atoms with Crippen molar-refractivity contribution in [3.8, 4) is 5.75 Å². The molecule has 1 aromatic carbocycles. The predicted molar refractivity (Wildman–Crippen MR) is 83.1 cm³/mol. The molecule has 0 atom stereocenters. The van der Waals surface area contributed by atoms with E-state index in [-0.39, 0.29) is 0 Å². The third kappa shape index (κ3) is 6.84. The smallest absolute Gasteiger partial charge is 0.122 e. The number of unbranched alkanes of at least 4 members (excludes halogenated alkanes) is 5. The molecule has 2 nitrogen and oxygen atoms in total. The summed E-state index contributed by atoms with van der Waals surface area (Å²) in [5.74, 6) is 0.934. The van der Waals surface area contributed by atoms with Crippen LogP contribution in [0, 0.1) is 0 Å². The van der Waals surface area contributed by atoms with Gasteiger partial charge in [-0.1, -0.05) is 50.6 Å². The van der Waals surface area contributed by atoms with Crippen molar-refractivity contribution in [1.82, 2.24) is 0 Å². The molecule has 0 bridgehead atoms. The highest BCUT2D eigenvalue weighted by atomic mass is 35.5. The van der Waals surface area contributed by atoms with Crippen molar-refractivity contribution in [2.75, 3.05) is 13.2 Å². The van der Waals surface area contributed by atoms with Gasteiger partial charge in [-0.15, -0.1) is 0 Å². The first-order chi connectivity index (χ1) is 9.27. The molecule has 0 heterocycles. The van der Waals surface area contributed by atoms with Crippen molar-refractivity contribution >= 4 is 11.6 Å². The molecule has 108 valence electrons. The van der Waals surface area contributed by atoms with E-state index in [1.54, 1.807) is 0 Å². The summed E-state index contributed by atoms with van der Waals surface area (Å²) in [6.45, 7) is 3.64. The maximum atomic E-state index is 5.99. The average molecular weight is 284 g/mol. The highest BCUT2D eigenvalue weighted by molar-refractivity contribution is 6.30. The van der Waals surface area contributed by atoms with Crippen molar-refractivity contribution in [3.63, 3.8) is 0 Å². The van der Waals surface area contributed by atoms with Crippen molar-refractivity contribution in [2.24, 2.45) is 5.73 Å². The molecule has 0 unspecified atom stereocenters. The average Bonchev–Trinajstić information content (AvgIpc) is 2.40. The van der Waals surface area contributed by atoms with Gasteiger partial charge in [0, 0.05) is 5.02 Å². The van der Waals surface area contributed by atoms with Crippen molar-refractivity contribution in [3.05, 3.63) is 28.8 Å². The fraction of sp³-hybridized carbons (Fsp3) is 0.625. The molecule has 0 fully saturated rings. The lowest BCUT2D eigenvalue weighted by Gasteiger charge is -2.11. The zero-order chi connectivity index (χ0) is 13.9. The van der Waals surface area contributed by atoms with Crippen LogP contribution in [0.15, 0.2) is 18.2 Å². The van der Waals surface area contributed by atoms with Gasteiger partial charge in [0.05, 0.1) is 6.61 Å². The van der Waals surface area contributed by atoms with E-state index >= 15 is 0 Å². The Hall–Kier alpha value is -0.730. The number of benzene rings is 1. The summed E-state index contributed by atoms with van der Waals surface area (Å²) >= 11 is 5.99. The molecule has 0 saturated carbocycles. The van der Waals surface area contributed by atoms with Gasteiger partial charge < -0.3 is 10.5 Å². The molecule has 3 heteroatoms. The van der Waals surface area contributed by atoms with Crippen molar-refractivity contribution < 1.29 is 4.74 Å². The first kappa shape index (κ1) is 16.3. The molecule has 0 aliphatic rings. The van der Waals surface area contributed by atoms with E-state index in [1.807, 2.05) is 18.2 Å². The first-order valence-corrected chi connectivity index (χ1v) is 7.77. The molecule has 1 aromatic rings. The van der Waals surface area contributed by atoms with Crippen LogP contribution in [0.25, 0.3) is 0 Å². The summed E-state index contributed by atoms with van der Waals surface area (Å²) in [5, 5.41) is 0.746. The summed E-state index contributed by atoms with van der Waals surface area (Å²) in [5.41, 5.74) is 6.72. The van der Waals surface area contributed by atoms with Crippen molar-refractivity contribution in [2.45, 2.75) is 51.9 Å². The minimum Gasteiger partial charge on any atom is -0.493 e. The normalized spacial score (nSPS) is 10.7. The number of hydrogen-bond donors (Lipinski definition) is 1. The van der Waals surface area contributed by atoms with Gasteiger partial charge in [0.15, 0.2) is 0 Å². The van der Waals surface area contributed by atoms with Gasteiger partial charge in [0.1, 0.15) is 5.75 Å². The molecule has 0 saturated heterocycles. The number of halogens is 1. The molecular formula is C16H26ClNO. The topological polar surface area (TPSA) is 35.2 Å². The van der Waals surface area contributed by atoms with Crippen LogP contribution in [0.5, 0.6) is 5.75 Å². The lowest BCUT2D eigenvalue weighted by molar-refractivity contribution is 0.301.